The molecule has 1 aromatic rings. The molecule has 0 saturated carbocycles. The average molecular weight is 295 g/mol. The molecule has 1 rings (SSSR count). The fourth-order valence-corrected chi connectivity index (χ4v) is 2.08. The Kier molecular flexibility index (Phi) is 8.91. The third kappa shape index (κ3) is 6.30. The van der Waals surface area contributed by atoms with Crippen molar-refractivity contribution in [2.24, 2.45) is 4.99 Å². The zero-order chi connectivity index (χ0) is 14.6. The van der Waals surface area contributed by atoms with Gasteiger partial charge in [0.1, 0.15) is 6.10 Å². The number of guanidine groups is 1. The van der Waals surface area contributed by atoms with Gasteiger partial charge in [0.2, 0.25) is 0 Å². The quantitative estimate of drug-likeness (QED) is 0.439. The molecule has 1 atom stereocenters. The standard InChI is InChI=1S/C15H25N3OS/c1-4-16-15(17-10-11-20-3)18-12-14(19-2)13-8-6-5-7-9-13/h5-9,14H,4,10-12H2,1-3H3,(H2,16,17,18). The molecule has 5 heteroatoms. The Hall–Kier alpha value is -1.20. The maximum Gasteiger partial charge on any atom is 0.191 e. The minimum absolute atomic E-state index is 0.00722. The minimum atomic E-state index is -0.00722. The molecule has 0 heterocycles. The molecule has 2 N–H and O–H groups in total. The van der Waals surface area contributed by atoms with E-state index in [1.807, 2.05) is 30.0 Å². The molecule has 1 unspecified atom stereocenters. The zero-order valence-corrected chi connectivity index (χ0v) is 13.4. The SMILES string of the molecule is CCNC(=NCC(OC)c1ccccc1)NCCSC. The third-order valence-corrected chi connectivity index (χ3v) is 3.43. The molecule has 20 heavy (non-hydrogen) atoms. The van der Waals surface area contributed by atoms with E-state index in [0.29, 0.717) is 6.54 Å². The maximum absolute atomic E-state index is 5.52. The molecule has 0 amide bonds. The lowest BCUT2D eigenvalue weighted by molar-refractivity contribution is 0.111. The molecule has 0 fully saturated rings. The van der Waals surface area contributed by atoms with E-state index in [1.165, 1.54) is 0 Å². The van der Waals surface area contributed by atoms with Crippen molar-refractivity contribution in [1.29, 1.82) is 0 Å². The van der Waals surface area contributed by atoms with Crippen LogP contribution in [0.1, 0.15) is 18.6 Å². The molecule has 0 aliphatic carbocycles. The van der Waals surface area contributed by atoms with Gasteiger partial charge in [0.15, 0.2) is 5.96 Å². The molecule has 1 aromatic carbocycles. The fraction of sp³-hybridized carbons (Fsp3) is 0.533. The van der Waals surface area contributed by atoms with Gasteiger partial charge in [-0.05, 0) is 18.7 Å². The van der Waals surface area contributed by atoms with Crippen LogP contribution in [0.3, 0.4) is 0 Å². The number of nitrogens with zero attached hydrogens (tertiary/aromatic N) is 1. The van der Waals surface area contributed by atoms with Crippen molar-refractivity contribution >= 4 is 17.7 Å². The van der Waals surface area contributed by atoms with E-state index in [4.69, 9.17) is 4.74 Å². The van der Waals surface area contributed by atoms with E-state index in [9.17, 15) is 0 Å². The third-order valence-electron chi connectivity index (χ3n) is 2.81. The predicted octanol–water partition coefficient (Wildman–Crippen LogP) is 2.29. The number of nitrogens with one attached hydrogen (secondary N) is 2. The lowest BCUT2D eigenvalue weighted by atomic mass is 10.1. The van der Waals surface area contributed by atoms with E-state index in [0.717, 1.165) is 30.4 Å². The van der Waals surface area contributed by atoms with Gasteiger partial charge in [-0.25, -0.2) is 0 Å². The summed E-state index contributed by atoms with van der Waals surface area (Å²) in [6, 6.07) is 10.2. The number of benzene rings is 1. The first-order chi connectivity index (χ1) is 9.81. The number of hydrogen-bond acceptors (Lipinski definition) is 3. The van der Waals surface area contributed by atoms with E-state index < -0.39 is 0 Å². The van der Waals surface area contributed by atoms with Crippen LogP contribution in [-0.2, 0) is 4.74 Å². The van der Waals surface area contributed by atoms with Gasteiger partial charge in [0, 0.05) is 26.0 Å². The van der Waals surface area contributed by atoms with Gasteiger partial charge >= 0.3 is 0 Å². The second kappa shape index (κ2) is 10.6. The highest BCUT2D eigenvalue weighted by molar-refractivity contribution is 7.98. The molecule has 0 radical (unpaired) electrons. The normalized spacial score (nSPS) is 13.1. The Bertz CT molecular complexity index is 384. The lowest BCUT2D eigenvalue weighted by Gasteiger charge is -2.15. The second-order valence-electron chi connectivity index (χ2n) is 4.27. The summed E-state index contributed by atoms with van der Waals surface area (Å²) < 4.78 is 5.52. The van der Waals surface area contributed by atoms with Gasteiger partial charge in [0.25, 0.3) is 0 Å². The van der Waals surface area contributed by atoms with E-state index >= 15 is 0 Å². The van der Waals surface area contributed by atoms with Gasteiger partial charge in [-0.15, -0.1) is 0 Å². The number of aliphatic imine (C=N–C) groups is 1. The lowest BCUT2D eigenvalue weighted by Crippen LogP contribution is -2.38. The number of methoxy groups -OCH3 is 1. The molecular formula is C15H25N3OS. The van der Waals surface area contributed by atoms with E-state index in [1.54, 1.807) is 7.11 Å². The molecule has 0 aliphatic rings. The van der Waals surface area contributed by atoms with Gasteiger partial charge in [-0.2, -0.15) is 11.8 Å². The van der Waals surface area contributed by atoms with Crippen molar-refractivity contribution in [3.05, 3.63) is 35.9 Å². The number of hydrogen-bond donors (Lipinski definition) is 2. The molecule has 0 saturated heterocycles. The average Bonchev–Trinajstić information content (AvgIpc) is 2.49. The summed E-state index contributed by atoms with van der Waals surface area (Å²) >= 11 is 1.82. The van der Waals surface area contributed by atoms with Crippen LogP contribution in [0.2, 0.25) is 0 Å². The van der Waals surface area contributed by atoms with Crippen molar-refractivity contribution in [2.75, 3.05) is 38.8 Å². The Labute approximate surface area is 126 Å². The van der Waals surface area contributed by atoms with Crippen LogP contribution in [0.25, 0.3) is 0 Å². The van der Waals surface area contributed by atoms with Gasteiger partial charge in [-0.1, -0.05) is 30.3 Å². The van der Waals surface area contributed by atoms with Crippen molar-refractivity contribution < 1.29 is 4.74 Å². The van der Waals surface area contributed by atoms with Crippen LogP contribution in [0.4, 0.5) is 0 Å². The summed E-state index contributed by atoms with van der Waals surface area (Å²) in [7, 11) is 1.72. The zero-order valence-electron chi connectivity index (χ0n) is 12.6. The summed E-state index contributed by atoms with van der Waals surface area (Å²) in [5.41, 5.74) is 1.15. The van der Waals surface area contributed by atoms with Crippen LogP contribution in [-0.4, -0.2) is 44.7 Å². The molecule has 0 spiro atoms. The van der Waals surface area contributed by atoms with Gasteiger partial charge in [0.05, 0.1) is 6.54 Å². The van der Waals surface area contributed by atoms with Crippen LogP contribution in [0.15, 0.2) is 35.3 Å². The van der Waals surface area contributed by atoms with Crippen LogP contribution >= 0.6 is 11.8 Å². The number of rotatable bonds is 8. The van der Waals surface area contributed by atoms with Crippen molar-refractivity contribution in [2.45, 2.75) is 13.0 Å². The van der Waals surface area contributed by atoms with Crippen LogP contribution in [0, 0.1) is 0 Å². The molecule has 0 aromatic heterocycles. The monoisotopic (exact) mass is 295 g/mol. The van der Waals surface area contributed by atoms with Crippen LogP contribution < -0.4 is 10.6 Å². The minimum Gasteiger partial charge on any atom is -0.375 e. The van der Waals surface area contributed by atoms with Crippen LogP contribution in [0.5, 0.6) is 0 Å². The van der Waals surface area contributed by atoms with E-state index in [-0.39, 0.29) is 6.10 Å². The molecular weight excluding hydrogens is 270 g/mol. The highest BCUT2D eigenvalue weighted by Gasteiger charge is 2.09. The summed E-state index contributed by atoms with van der Waals surface area (Å²) in [4.78, 5) is 4.59. The Morgan fingerprint density at radius 2 is 2.05 bits per heavy atom. The first-order valence-corrected chi connectivity index (χ1v) is 8.30. The highest BCUT2D eigenvalue weighted by Crippen LogP contribution is 2.16. The van der Waals surface area contributed by atoms with Crippen molar-refractivity contribution in [3.8, 4) is 0 Å². The number of ether oxygens (including phenoxy) is 1. The summed E-state index contributed by atoms with van der Waals surface area (Å²) in [5, 5.41) is 6.56. The Morgan fingerprint density at radius 1 is 1.30 bits per heavy atom. The summed E-state index contributed by atoms with van der Waals surface area (Å²) in [6.45, 7) is 4.44. The second-order valence-corrected chi connectivity index (χ2v) is 5.26. The Balaban J connectivity index is 2.59. The first-order valence-electron chi connectivity index (χ1n) is 6.90. The van der Waals surface area contributed by atoms with E-state index in [2.05, 4.69) is 40.9 Å². The van der Waals surface area contributed by atoms with Gasteiger partial charge in [-0.3, -0.25) is 4.99 Å². The molecule has 112 valence electrons. The van der Waals surface area contributed by atoms with Crippen molar-refractivity contribution in [1.82, 2.24) is 10.6 Å². The fourth-order valence-electron chi connectivity index (χ4n) is 1.77. The molecule has 4 nitrogen and oxygen atoms in total. The largest absolute Gasteiger partial charge is 0.375 e. The first kappa shape index (κ1) is 16.9. The summed E-state index contributed by atoms with van der Waals surface area (Å²) in [5.74, 6) is 1.91. The molecule has 0 bridgehead atoms. The summed E-state index contributed by atoms with van der Waals surface area (Å²) in [6.07, 6.45) is 2.09. The number of thioether (sulfide) groups is 1. The Morgan fingerprint density at radius 3 is 2.65 bits per heavy atom. The smallest absolute Gasteiger partial charge is 0.191 e. The maximum atomic E-state index is 5.52. The highest BCUT2D eigenvalue weighted by atomic mass is 32.2. The predicted molar refractivity (Wildman–Crippen MR) is 88.6 cm³/mol. The van der Waals surface area contributed by atoms with Crippen molar-refractivity contribution in [3.63, 3.8) is 0 Å². The molecule has 0 aliphatic heterocycles. The van der Waals surface area contributed by atoms with Gasteiger partial charge < -0.3 is 15.4 Å². The topological polar surface area (TPSA) is 45.7 Å².